The van der Waals surface area contributed by atoms with E-state index in [1.54, 1.807) is 0 Å². The minimum Gasteiger partial charge on any atom is -0.476 e. The monoisotopic (exact) mass is 381 g/mol. The SMILES string of the molecule is CC(NCc1nc2ccccc2o1)Oc1ccc(CC2OC(=O)NC2=O)cc1. The van der Waals surface area contributed by atoms with E-state index in [-0.39, 0.29) is 6.23 Å². The average molecular weight is 381 g/mol. The van der Waals surface area contributed by atoms with Crippen LogP contribution in [-0.4, -0.2) is 29.3 Å². The van der Waals surface area contributed by atoms with Crippen molar-refractivity contribution in [1.29, 1.82) is 0 Å². The molecule has 1 fully saturated rings. The molecule has 1 aromatic heterocycles. The predicted molar refractivity (Wildman–Crippen MR) is 99.5 cm³/mol. The molecule has 0 radical (unpaired) electrons. The van der Waals surface area contributed by atoms with Gasteiger partial charge in [0.2, 0.25) is 5.89 Å². The second-order valence-electron chi connectivity index (χ2n) is 6.45. The van der Waals surface area contributed by atoms with Crippen molar-refractivity contribution in [3.8, 4) is 5.75 Å². The molecular weight excluding hydrogens is 362 g/mol. The number of fused-ring (bicyclic) bond motifs is 1. The smallest absolute Gasteiger partial charge is 0.414 e. The van der Waals surface area contributed by atoms with Gasteiger partial charge in [0.15, 0.2) is 11.7 Å². The van der Waals surface area contributed by atoms with E-state index in [1.165, 1.54) is 0 Å². The summed E-state index contributed by atoms with van der Waals surface area (Å²) in [5, 5.41) is 5.32. The van der Waals surface area contributed by atoms with Gasteiger partial charge < -0.3 is 13.9 Å². The van der Waals surface area contributed by atoms with Gasteiger partial charge in [0.25, 0.3) is 5.91 Å². The topological polar surface area (TPSA) is 103 Å². The number of nitrogens with one attached hydrogen (secondary N) is 2. The number of rotatable bonds is 7. The molecule has 0 bridgehead atoms. The summed E-state index contributed by atoms with van der Waals surface area (Å²) in [6, 6.07) is 14.9. The first-order valence-electron chi connectivity index (χ1n) is 8.92. The highest BCUT2D eigenvalue weighted by Crippen LogP contribution is 2.17. The number of alkyl carbamates (subject to hydrolysis) is 1. The predicted octanol–water partition coefficient (Wildman–Crippen LogP) is 2.52. The molecule has 2 atom stereocenters. The van der Waals surface area contributed by atoms with Crippen molar-refractivity contribution in [2.45, 2.75) is 32.2 Å². The Morgan fingerprint density at radius 3 is 2.68 bits per heavy atom. The maximum Gasteiger partial charge on any atom is 0.414 e. The summed E-state index contributed by atoms with van der Waals surface area (Å²) in [5.74, 6) is 0.855. The van der Waals surface area contributed by atoms with Crippen LogP contribution in [-0.2, 0) is 22.5 Å². The van der Waals surface area contributed by atoms with Gasteiger partial charge in [-0.1, -0.05) is 24.3 Å². The highest BCUT2D eigenvalue weighted by Gasteiger charge is 2.32. The second-order valence-corrected chi connectivity index (χ2v) is 6.45. The van der Waals surface area contributed by atoms with Crippen molar-refractivity contribution >= 4 is 23.1 Å². The van der Waals surface area contributed by atoms with Gasteiger partial charge >= 0.3 is 6.09 Å². The maximum absolute atomic E-state index is 11.5. The van der Waals surface area contributed by atoms with Crippen LogP contribution in [0.4, 0.5) is 4.79 Å². The summed E-state index contributed by atoms with van der Waals surface area (Å²) in [5.41, 5.74) is 2.45. The molecule has 1 saturated heterocycles. The molecule has 4 rings (SSSR count). The lowest BCUT2D eigenvalue weighted by molar-refractivity contribution is -0.123. The van der Waals surface area contributed by atoms with E-state index in [0.29, 0.717) is 24.6 Å². The zero-order valence-electron chi connectivity index (χ0n) is 15.2. The normalized spacial score (nSPS) is 17.4. The van der Waals surface area contributed by atoms with E-state index in [9.17, 15) is 9.59 Å². The van der Waals surface area contributed by atoms with Crippen LogP contribution in [0.25, 0.3) is 11.1 Å². The molecule has 2 heterocycles. The largest absolute Gasteiger partial charge is 0.476 e. The number of carbonyl (C=O) groups is 2. The molecule has 144 valence electrons. The van der Waals surface area contributed by atoms with Crippen molar-refractivity contribution < 1.29 is 23.5 Å². The number of benzene rings is 2. The lowest BCUT2D eigenvalue weighted by Crippen LogP contribution is -2.31. The van der Waals surface area contributed by atoms with Crippen molar-refractivity contribution in [2.24, 2.45) is 0 Å². The standard InChI is InChI=1S/C20H19N3O5/c1-12(21-11-18-22-15-4-2-3-5-16(15)27-18)26-14-8-6-13(7-9-14)10-17-19(24)23-20(25)28-17/h2-9,12,17,21H,10-11H2,1H3,(H,23,24,25). The van der Waals surface area contributed by atoms with Crippen LogP contribution in [0, 0.1) is 0 Å². The molecule has 2 amide bonds. The van der Waals surface area contributed by atoms with Gasteiger partial charge in [-0.3, -0.25) is 15.4 Å². The molecular formula is C20H19N3O5. The van der Waals surface area contributed by atoms with Crippen molar-refractivity contribution in [2.75, 3.05) is 0 Å². The van der Waals surface area contributed by atoms with Crippen LogP contribution >= 0.6 is 0 Å². The highest BCUT2D eigenvalue weighted by atomic mass is 16.6. The van der Waals surface area contributed by atoms with Crippen LogP contribution in [0.2, 0.25) is 0 Å². The quantitative estimate of drug-likeness (QED) is 0.606. The third-order valence-electron chi connectivity index (χ3n) is 4.30. The minimum atomic E-state index is -0.781. The number of hydrogen-bond acceptors (Lipinski definition) is 7. The lowest BCUT2D eigenvalue weighted by atomic mass is 10.1. The summed E-state index contributed by atoms with van der Waals surface area (Å²) in [6.45, 7) is 2.33. The number of cyclic esters (lactones) is 1. The van der Waals surface area contributed by atoms with Gasteiger partial charge in [-0.2, -0.15) is 0 Å². The van der Waals surface area contributed by atoms with E-state index in [0.717, 1.165) is 16.7 Å². The second kappa shape index (κ2) is 7.69. The molecule has 1 aliphatic rings. The van der Waals surface area contributed by atoms with E-state index in [1.807, 2.05) is 55.5 Å². The average Bonchev–Trinajstić information content (AvgIpc) is 3.23. The molecule has 3 aromatic rings. The Labute approximate surface area is 160 Å². The first-order chi connectivity index (χ1) is 13.6. The third-order valence-corrected chi connectivity index (χ3v) is 4.30. The summed E-state index contributed by atoms with van der Waals surface area (Å²) in [6.07, 6.45) is -1.42. The van der Waals surface area contributed by atoms with Crippen LogP contribution in [0.15, 0.2) is 52.9 Å². The molecule has 2 N–H and O–H groups in total. The molecule has 0 saturated carbocycles. The Morgan fingerprint density at radius 2 is 1.96 bits per heavy atom. The Hall–Kier alpha value is -3.39. The number of aromatic nitrogens is 1. The fourth-order valence-corrected chi connectivity index (χ4v) is 2.92. The van der Waals surface area contributed by atoms with Crippen molar-refractivity contribution in [1.82, 2.24) is 15.6 Å². The first-order valence-corrected chi connectivity index (χ1v) is 8.92. The van der Waals surface area contributed by atoms with Crippen LogP contribution < -0.4 is 15.4 Å². The van der Waals surface area contributed by atoms with Gasteiger partial charge in [0, 0.05) is 6.42 Å². The van der Waals surface area contributed by atoms with Gasteiger partial charge in [0.05, 0.1) is 6.54 Å². The number of amides is 2. The number of carbonyl (C=O) groups excluding carboxylic acids is 2. The summed E-state index contributed by atoms with van der Waals surface area (Å²) < 4.78 is 16.4. The maximum atomic E-state index is 11.5. The lowest BCUT2D eigenvalue weighted by Gasteiger charge is -2.15. The molecule has 0 spiro atoms. The summed E-state index contributed by atoms with van der Waals surface area (Å²) >= 11 is 0. The zero-order chi connectivity index (χ0) is 19.5. The zero-order valence-corrected chi connectivity index (χ0v) is 15.2. The number of hydrogen-bond donors (Lipinski definition) is 2. The van der Waals surface area contributed by atoms with Gasteiger partial charge in [-0.05, 0) is 36.8 Å². The van der Waals surface area contributed by atoms with E-state index in [2.05, 4.69) is 15.6 Å². The van der Waals surface area contributed by atoms with Crippen molar-refractivity contribution in [3.05, 3.63) is 60.0 Å². The van der Waals surface area contributed by atoms with E-state index >= 15 is 0 Å². The Bertz CT molecular complexity index is 966. The number of para-hydroxylation sites is 2. The highest BCUT2D eigenvalue weighted by molar-refractivity contribution is 6.00. The Morgan fingerprint density at radius 1 is 1.18 bits per heavy atom. The number of nitrogens with zero attached hydrogens (tertiary/aromatic N) is 1. The molecule has 8 nitrogen and oxygen atoms in total. The van der Waals surface area contributed by atoms with Crippen LogP contribution in [0.1, 0.15) is 18.4 Å². The van der Waals surface area contributed by atoms with E-state index < -0.39 is 18.1 Å². The van der Waals surface area contributed by atoms with Gasteiger partial charge in [0.1, 0.15) is 17.5 Å². The first kappa shape index (κ1) is 18.0. The fraction of sp³-hybridized carbons (Fsp3) is 0.250. The molecule has 28 heavy (non-hydrogen) atoms. The van der Waals surface area contributed by atoms with Crippen LogP contribution in [0.5, 0.6) is 5.75 Å². The molecule has 1 aliphatic heterocycles. The number of ether oxygens (including phenoxy) is 2. The minimum absolute atomic E-state index is 0.262. The van der Waals surface area contributed by atoms with Gasteiger partial charge in [-0.15, -0.1) is 0 Å². The van der Waals surface area contributed by atoms with Gasteiger partial charge in [-0.25, -0.2) is 9.78 Å². The summed E-state index contributed by atoms with van der Waals surface area (Å²) in [4.78, 5) is 27.0. The number of imide groups is 1. The fourth-order valence-electron chi connectivity index (χ4n) is 2.92. The third kappa shape index (κ3) is 4.12. The van der Waals surface area contributed by atoms with Crippen molar-refractivity contribution in [3.63, 3.8) is 0 Å². The molecule has 2 aromatic carbocycles. The number of oxazole rings is 1. The van der Waals surface area contributed by atoms with Crippen LogP contribution in [0.3, 0.4) is 0 Å². The Balaban J connectivity index is 1.28. The molecule has 2 unspecified atom stereocenters. The molecule has 0 aliphatic carbocycles. The summed E-state index contributed by atoms with van der Waals surface area (Å²) in [7, 11) is 0. The Kier molecular flexibility index (Phi) is 4.94. The molecule has 8 heteroatoms. The van der Waals surface area contributed by atoms with E-state index in [4.69, 9.17) is 13.9 Å².